The van der Waals surface area contributed by atoms with E-state index in [1.807, 2.05) is 0 Å². The van der Waals surface area contributed by atoms with Crippen LogP contribution in [0.5, 0.6) is 0 Å². The fourth-order valence-corrected chi connectivity index (χ4v) is 3.16. The zero-order valence-electron chi connectivity index (χ0n) is 12.1. The second-order valence-corrected chi connectivity index (χ2v) is 5.97. The standard InChI is InChI=1S/C16H11FN2O4S/c17-9-5-7-10(8-6-9)19-14(20)13(24-16(19)23)18-12-4-2-1-3-11(12)15(21)22/h1-8,13,18H,(H,21,22)/t13-/m1/s1. The van der Waals surface area contributed by atoms with Crippen molar-refractivity contribution in [3.05, 3.63) is 59.9 Å². The van der Waals surface area contributed by atoms with Gasteiger partial charge in [-0.2, -0.15) is 0 Å². The number of nitrogens with one attached hydrogen (secondary N) is 1. The molecule has 8 heteroatoms. The highest BCUT2D eigenvalue weighted by molar-refractivity contribution is 8.16. The van der Waals surface area contributed by atoms with Gasteiger partial charge in [0.05, 0.1) is 11.3 Å². The first kappa shape index (κ1) is 16.0. The summed E-state index contributed by atoms with van der Waals surface area (Å²) in [7, 11) is 0. The number of nitrogens with zero attached hydrogens (tertiary/aromatic N) is 1. The normalized spacial score (nSPS) is 17.2. The zero-order valence-corrected chi connectivity index (χ0v) is 12.9. The topological polar surface area (TPSA) is 86.7 Å². The second kappa shape index (κ2) is 6.32. The fourth-order valence-electron chi connectivity index (χ4n) is 2.26. The van der Waals surface area contributed by atoms with E-state index >= 15 is 0 Å². The number of hydrogen-bond acceptors (Lipinski definition) is 5. The number of aromatic carboxylic acids is 1. The van der Waals surface area contributed by atoms with Crippen LogP contribution < -0.4 is 10.2 Å². The molecule has 6 nitrogen and oxygen atoms in total. The van der Waals surface area contributed by atoms with Gasteiger partial charge in [-0.3, -0.25) is 9.59 Å². The Morgan fingerprint density at radius 2 is 1.79 bits per heavy atom. The van der Waals surface area contributed by atoms with Crippen molar-refractivity contribution in [2.75, 3.05) is 10.2 Å². The highest BCUT2D eigenvalue weighted by Crippen LogP contribution is 2.33. The third-order valence-electron chi connectivity index (χ3n) is 3.37. The maximum absolute atomic E-state index is 13.0. The molecule has 0 bridgehead atoms. The Labute approximate surface area is 140 Å². The van der Waals surface area contributed by atoms with Crippen LogP contribution in [-0.4, -0.2) is 27.6 Å². The molecular formula is C16H11FN2O4S. The van der Waals surface area contributed by atoms with E-state index in [9.17, 15) is 18.8 Å². The second-order valence-electron chi connectivity index (χ2n) is 4.91. The average molecular weight is 346 g/mol. The lowest BCUT2D eigenvalue weighted by Crippen LogP contribution is -2.34. The maximum atomic E-state index is 13.0. The fraction of sp³-hybridized carbons (Fsp3) is 0.0625. The number of rotatable bonds is 4. The van der Waals surface area contributed by atoms with Crippen molar-refractivity contribution in [3.63, 3.8) is 0 Å². The number of benzene rings is 2. The summed E-state index contributed by atoms with van der Waals surface area (Å²) < 4.78 is 13.0. The molecule has 0 radical (unpaired) electrons. The van der Waals surface area contributed by atoms with Crippen LogP contribution in [0.3, 0.4) is 0 Å². The molecule has 1 atom stereocenters. The van der Waals surface area contributed by atoms with Gasteiger partial charge in [0.2, 0.25) is 0 Å². The van der Waals surface area contributed by atoms with E-state index in [-0.39, 0.29) is 16.9 Å². The third-order valence-corrected chi connectivity index (χ3v) is 4.31. The summed E-state index contributed by atoms with van der Waals surface area (Å²) in [5.74, 6) is -2.16. The summed E-state index contributed by atoms with van der Waals surface area (Å²) in [5.41, 5.74) is 0.498. The summed E-state index contributed by atoms with van der Waals surface area (Å²) in [6.07, 6.45) is 0. The lowest BCUT2D eigenvalue weighted by molar-refractivity contribution is -0.116. The quantitative estimate of drug-likeness (QED) is 0.884. The van der Waals surface area contributed by atoms with Gasteiger partial charge in [0.25, 0.3) is 11.1 Å². The van der Waals surface area contributed by atoms with Crippen molar-refractivity contribution in [3.8, 4) is 0 Å². The van der Waals surface area contributed by atoms with Crippen LogP contribution in [0.4, 0.5) is 20.6 Å². The van der Waals surface area contributed by atoms with Crippen molar-refractivity contribution in [1.29, 1.82) is 0 Å². The van der Waals surface area contributed by atoms with Gasteiger partial charge in [0, 0.05) is 5.69 Å². The van der Waals surface area contributed by atoms with E-state index < -0.39 is 28.3 Å². The molecule has 0 saturated carbocycles. The lowest BCUT2D eigenvalue weighted by atomic mass is 10.2. The van der Waals surface area contributed by atoms with E-state index in [2.05, 4.69) is 5.32 Å². The minimum absolute atomic E-state index is 0.00131. The Balaban J connectivity index is 1.85. The number of imide groups is 1. The molecule has 0 aliphatic carbocycles. The minimum Gasteiger partial charge on any atom is -0.478 e. The summed E-state index contributed by atoms with van der Waals surface area (Å²) in [4.78, 5) is 36.7. The SMILES string of the molecule is O=C(O)c1ccccc1N[C@@H]1SC(=O)N(c2ccc(F)cc2)C1=O. The molecule has 0 unspecified atom stereocenters. The van der Waals surface area contributed by atoms with Gasteiger partial charge in [-0.05, 0) is 48.2 Å². The molecule has 122 valence electrons. The van der Waals surface area contributed by atoms with Crippen LogP contribution >= 0.6 is 11.8 Å². The van der Waals surface area contributed by atoms with Crippen molar-refractivity contribution in [2.24, 2.45) is 0 Å². The van der Waals surface area contributed by atoms with Crippen molar-refractivity contribution >= 4 is 40.3 Å². The number of carbonyl (C=O) groups is 3. The number of carbonyl (C=O) groups excluding carboxylic acids is 2. The van der Waals surface area contributed by atoms with Crippen LogP contribution in [0.25, 0.3) is 0 Å². The van der Waals surface area contributed by atoms with Gasteiger partial charge in [-0.15, -0.1) is 0 Å². The molecule has 2 aromatic carbocycles. The number of hydrogen-bond donors (Lipinski definition) is 2. The van der Waals surface area contributed by atoms with E-state index in [1.165, 1.54) is 24.3 Å². The number of anilines is 2. The molecule has 1 saturated heterocycles. The van der Waals surface area contributed by atoms with Crippen molar-refractivity contribution in [1.82, 2.24) is 0 Å². The van der Waals surface area contributed by atoms with E-state index in [0.29, 0.717) is 0 Å². The third kappa shape index (κ3) is 2.95. The molecule has 2 amide bonds. The Kier molecular flexibility index (Phi) is 4.22. The van der Waals surface area contributed by atoms with Crippen LogP contribution in [0, 0.1) is 5.82 Å². The molecule has 2 N–H and O–H groups in total. The van der Waals surface area contributed by atoms with Crippen LogP contribution in [-0.2, 0) is 4.79 Å². The Bertz CT molecular complexity index is 825. The number of carboxylic acid groups (broad SMARTS) is 1. The Morgan fingerprint density at radius 1 is 1.12 bits per heavy atom. The molecule has 1 aliphatic rings. The molecule has 2 aromatic rings. The van der Waals surface area contributed by atoms with E-state index in [1.54, 1.807) is 12.1 Å². The first-order valence-corrected chi connectivity index (χ1v) is 7.74. The van der Waals surface area contributed by atoms with Crippen LogP contribution in [0.2, 0.25) is 0 Å². The van der Waals surface area contributed by atoms with Gasteiger partial charge in [-0.1, -0.05) is 12.1 Å². The molecule has 24 heavy (non-hydrogen) atoms. The number of thioether (sulfide) groups is 1. The molecule has 3 rings (SSSR count). The van der Waals surface area contributed by atoms with Crippen LogP contribution in [0.15, 0.2) is 48.5 Å². The minimum atomic E-state index is -1.14. The highest BCUT2D eigenvalue weighted by atomic mass is 32.2. The monoisotopic (exact) mass is 346 g/mol. The largest absolute Gasteiger partial charge is 0.478 e. The number of amides is 2. The highest BCUT2D eigenvalue weighted by Gasteiger charge is 2.41. The molecule has 1 fully saturated rings. The van der Waals surface area contributed by atoms with Gasteiger partial charge in [0.15, 0.2) is 5.37 Å². The molecular weight excluding hydrogens is 335 g/mol. The maximum Gasteiger partial charge on any atom is 0.337 e. The number of para-hydroxylation sites is 1. The van der Waals surface area contributed by atoms with Gasteiger partial charge in [-0.25, -0.2) is 14.1 Å². The van der Waals surface area contributed by atoms with Gasteiger partial charge in [0.1, 0.15) is 5.82 Å². The summed E-state index contributed by atoms with van der Waals surface area (Å²) >= 11 is 0.736. The predicted octanol–water partition coefficient (Wildman–Crippen LogP) is 3.16. The smallest absolute Gasteiger partial charge is 0.337 e. The first-order chi connectivity index (χ1) is 11.5. The van der Waals surface area contributed by atoms with Gasteiger partial charge < -0.3 is 10.4 Å². The lowest BCUT2D eigenvalue weighted by Gasteiger charge is -2.15. The van der Waals surface area contributed by atoms with Crippen molar-refractivity contribution in [2.45, 2.75) is 5.37 Å². The Hall–Kier alpha value is -2.87. The summed E-state index contributed by atoms with van der Waals surface area (Å²) in [5, 5.41) is 10.5. The molecule has 1 aliphatic heterocycles. The van der Waals surface area contributed by atoms with Crippen molar-refractivity contribution < 1.29 is 23.9 Å². The number of halogens is 1. The molecule has 0 spiro atoms. The van der Waals surface area contributed by atoms with Gasteiger partial charge >= 0.3 is 5.97 Å². The predicted molar refractivity (Wildman–Crippen MR) is 87.7 cm³/mol. The zero-order chi connectivity index (χ0) is 17.3. The van der Waals surface area contributed by atoms with E-state index in [4.69, 9.17) is 5.11 Å². The first-order valence-electron chi connectivity index (χ1n) is 6.86. The Morgan fingerprint density at radius 3 is 2.46 bits per heavy atom. The summed E-state index contributed by atoms with van der Waals surface area (Å²) in [6.45, 7) is 0. The summed E-state index contributed by atoms with van der Waals surface area (Å²) in [6, 6.07) is 11.1. The molecule has 1 heterocycles. The number of carboxylic acids is 1. The average Bonchev–Trinajstić information content (AvgIpc) is 2.83. The molecule has 0 aromatic heterocycles. The van der Waals surface area contributed by atoms with Crippen LogP contribution in [0.1, 0.15) is 10.4 Å². The van der Waals surface area contributed by atoms with E-state index in [0.717, 1.165) is 28.8 Å².